The van der Waals surface area contributed by atoms with Crippen LogP contribution in [-0.2, 0) is 23.6 Å². The molecule has 13 heavy (non-hydrogen) atoms. The summed E-state index contributed by atoms with van der Waals surface area (Å²) in [4.78, 5) is 0. The van der Waals surface area contributed by atoms with Gasteiger partial charge >= 0.3 is 0 Å². The molecular formula is C8H14ClN3O. The summed E-state index contributed by atoms with van der Waals surface area (Å²) in [5.41, 5.74) is 1.94. The van der Waals surface area contributed by atoms with Crippen molar-refractivity contribution in [2.75, 3.05) is 13.7 Å². The van der Waals surface area contributed by atoms with Crippen LogP contribution < -0.4 is 0 Å². The standard InChI is InChI=1S/C8H14ClN3O/c1-3-12-8(4-5-13-2)7(6-9)10-11-12/h3-6H2,1-2H3. The van der Waals surface area contributed by atoms with Crippen LogP contribution in [0.4, 0.5) is 0 Å². The molecule has 0 unspecified atom stereocenters. The van der Waals surface area contributed by atoms with Gasteiger partial charge in [-0.3, -0.25) is 0 Å². The molecular weight excluding hydrogens is 190 g/mol. The minimum Gasteiger partial charge on any atom is -0.384 e. The molecule has 74 valence electrons. The van der Waals surface area contributed by atoms with E-state index in [1.165, 1.54) is 0 Å². The molecule has 0 aliphatic heterocycles. The summed E-state index contributed by atoms with van der Waals surface area (Å²) >= 11 is 5.72. The Kier molecular flexibility index (Phi) is 4.18. The Bertz CT molecular complexity index is 240. The number of methoxy groups -OCH3 is 1. The number of hydrogen-bond donors (Lipinski definition) is 0. The van der Waals surface area contributed by atoms with Crippen LogP contribution in [-0.4, -0.2) is 28.7 Å². The topological polar surface area (TPSA) is 39.9 Å². The Hall–Kier alpha value is -0.610. The Balaban J connectivity index is 2.78. The van der Waals surface area contributed by atoms with Crippen molar-refractivity contribution in [1.29, 1.82) is 0 Å². The average molecular weight is 204 g/mol. The molecule has 4 nitrogen and oxygen atoms in total. The summed E-state index contributed by atoms with van der Waals surface area (Å²) in [5.74, 6) is 0.416. The number of rotatable bonds is 5. The van der Waals surface area contributed by atoms with Gasteiger partial charge < -0.3 is 4.74 Å². The molecule has 1 rings (SSSR count). The van der Waals surface area contributed by atoms with Gasteiger partial charge in [-0.2, -0.15) is 0 Å². The second-order valence-corrected chi connectivity index (χ2v) is 2.94. The van der Waals surface area contributed by atoms with E-state index in [1.807, 2.05) is 11.6 Å². The van der Waals surface area contributed by atoms with Gasteiger partial charge in [0.15, 0.2) is 0 Å². The third-order valence-corrected chi connectivity index (χ3v) is 2.14. The molecule has 1 aromatic rings. The van der Waals surface area contributed by atoms with E-state index in [0.29, 0.717) is 12.5 Å². The number of alkyl halides is 1. The van der Waals surface area contributed by atoms with Gasteiger partial charge in [-0.25, -0.2) is 4.68 Å². The predicted octanol–water partition coefficient (Wildman–Crippen LogP) is 1.23. The Morgan fingerprint density at radius 3 is 2.85 bits per heavy atom. The number of nitrogens with zero attached hydrogens (tertiary/aromatic N) is 3. The van der Waals surface area contributed by atoms with Gasteiger partial charge in [-0.15, -0.1) is 16.7 Å². The highest BCUT2D eigenvalue weighted by molar-refractivity contribution is 6.16. The Labute approximate surface area is 82.8 Å². The first-order chi connectivity index (χ1) is 6.33. The first-order valence-electron chi connectivity index (χ1n) is 4.29. The van der Waals surface area contributed by atoms with Gasteiger partial charge in [0.25, 0.3) is 0 Å². The second kappa shape index (κ2) is 5.19. The van der Waals surface area contributed by atoms with Gasteiger partial charge in [0.05, 0.1) is 18.2 Å². The fourth-order valence-electron chi connectivity index (χ4n) is 1.20. The molecule has 0 saturated heterocycles. The van der Waals surface area contributed by atoms with Gasteiger partial charge in [0.1, 0.15) is 5.69 Å². The van der Waals surface area contributed by atoms with E-state index in [-0.39, 0.29) is 0 Å². The molecule has 0 atom stereocenters. The SMILES string of the molecule is CCn1nnc(CCl)c1CCOC. The average Bonchev–Trinajstić information content (AvgIpc) is 2.56. The summed E-state index contributed by atoms with van der Waals surface area (Å²) < 4.78 is 6.86. The third-order valence-electron chi connectivity index (χ3n) is 1.89. The van der Waals surface area contributed by atoms with Crippen molar-refractivity contribution in [3.8, 4) is 0 Å². The molecule has 0 bridgehead atoms. The van der Waals surface area contributed by atoms with Crippen LogP contribution in [0.15, 0.2) is 0 Å². The minimum atomic E-state index is 0.416. The number of ether oxygens (including phenoxy) is 1. The quantitative estimate of drug-likeness (QED) is 0.676. The zero-order valence-corrected chi connectivity index (χ0v) is 8.71. The maximum Gasteiger partial charge on any atom is 0.101 e. The molecule has 5 heteroatoms. The monoisotopic (exact) mass is 203 g/mol. The molecule has 0 radical (unpaired) electrons. The highest BCUT2D eigenvalue weighted by Crippen LogP contribution is 2.09. The van der Waals surface area contributed by atoms with E-state index in [9.17, 15) is 0 Å². The van der Waals surface area contributed by atoms with E-state index < -0.39 is 0 Å². The molecule has 0 aliphatic carbocycles. The predicted molar refractivity (Wildman–Crippen MR) is 50.8 cm³/mol. The highest BCUT2D eigenvalue weighted by atomic mass is 35.5. The van der Waals surface area contributed by atoms with E-state index in [2.05, 4.69) is 10.3 Å². The molecule has 0 aliphatic rings. The molecule has 0 spiro atoms. The lowest BCUT2D eigenvalue weighted by Crippen LogP contribution is -2.07. The lowest BCUT2D eigenvalue weighted by atomic mass is 10.2. The van der Waals surface area contributed by atoms with Crippen LogP contribution in [0.2, 0.25) is 0 Å². The van der Waals surface area contributed by atoms with Crippen molar-refractivity contribution >= 4 is 11.6 Å². The maximum atomic E-state index is 5.72. The summed E-state index contributed by atoms with van der Waals surface area (Å²) in [6, 6.07) is 0. The van der Waals surface area contributed by atoms with Crippen LogP contribution >= 0.6 is 11.6 Å². The largest absolute Gasteiger partial charge is 0.384 e. The number of hydrogen-bond acceptors (Lipinski definition) is 3. The van der Waals surface area contributed by atoms with Gasteiger partial charge in [0, 0.05) is 20.1 Å². The van der Waals surface area contributed by atoms with Gasteiger partial charge in [-0.05, 0) is 6.92 Å². The number of aromatic nitrogens is 3. The second-order valence-electron chi connectivity index (χ2n) is 2.68. The first-order valence-corrected chi connectivity index (χ1v) is 4.83. The van der Waals surface area contributed by atoms with E-state index in [4.69, 9.17) is 16.3 Å². The van der Waals surface area contributed by atoms with Crippen molar-refractivity contribution in [2.24, 2.45) is 0 Å². The number of halogens is 1. The van der Waals surface area contributed by atoms with E-state index >= 15 is 0 Å². The molecule has 0 N–H and O–H groups in total. The Morgan fingerprint density at radius 2 is 2.31 bits per heavy atom. The van der Waals surface area contributed by atoms with Crippen molar-refractivity contribution in [1.82, 2.24) is 15.0 Å². The van der Waals surface area contributed by atoms with Crippen molar-refractivity contribution < 1.29 is 4.74 Å². The van der Waals surface area contributed by atoms with Gasteiger partial charge in [-0.1, -0.05) is 5.21 Å². The summed E-state index contributed by atoms with van der Waals surface area (Å²) in [5, 5.41) is 7.97. The molecule has 0 fully saturated rings. The van der Waals surface area contributed by atoms with E-state index in [1.54, 1.807) is 7.11 Å². The Morgan fingerprint density at radius 1 is 1.54 bits per heavy atom. The fourth-order valence-corrected chi connectivity index (χ4v) is 1.41. The summed E-state index contributed by atoms with van der Waals surface area (Å²) in [7, 11) is 1.68. The maximum absolute atomic E-state index is 5.72. The third kappa shape index (κ3) is 2.42. The highest BCUT2D eigenvalue weighted by Gasteiger charge is 2.09. The summed E-state index contributed by atoms with van der Waals surface area (Å²) in [6.07, 6.45) is 0.819. The molecule has 1 heterocycles. The molecule has 0 amide bonds. The zero-order chi connectivity index (χ0) is 9.68. The lowest BCUT2D eigenvalue weighted by Gasteiger charge is -2.03. The molecule has 0 saturated carbocycles. The van der Waals surface area contributed by atoms with Crippen LogP contribution in [0.3, 0.4) is 0 Å². The zero-order valence-electron chi connectivity index (χ0n) is 7.96. The molecule has 0 aromatic carbocycles. The fraction of sp³-hybridized carbons (Fsp3) is 0.750. The van der Waals surface area contributed by atoms with Crippen LogP contribution in [0, 0.1) is 0 Å². The molecule has 1 aromatic heterocycles. The summed E-state index contributed by atoms with van der Waals surface area (Å²) in [6.45, 7) is 3.53. The van der Waals surface area contributed by atoms with E-state index in [0.717, 1.165) is 24.4 Å². The number of aryl methyl sites for hydroxylation is 1. The van der Waals surface area contributed by atoms with Gasteiger partial charge in [0.2, 0.25) is 0 Å². The van der Waals surface area contributed by atoms with Crippen LogP contribution in [0.5, 0.6) is 0 Å². The lowest BCUT2D eigenvalue weighted by molar-refractivity contribution is 0.200. The van der Waals surface area contributed by atoms with Crippen molar-refractivity contribution in [2.45, 2.75) is 25.8 Å². The van der Waals surface area contributed by atoms with Crippen LogP contribution in [0.25, 0.3) is 0 Å². The normalized spacial score (nSPS) is 10.7. The van der Waals surface area contributed by atoms with Crippen molar-refractivity contribution in [3.63, 3.8) is 0 Å². The first kappa shape index (κ1) is 10.5. The minimum absolute atomic E-state index is 0.416. The van der Waals surface area contributed by atoms with Crippen molar-refractivity contribution in [3.05, 3.63) is 11.4 Å². The van der Waals surface area contributed by atoms with Crippen LogP contribution in [0.1, 0.15) is 18.3 Å². The smallest absolute Gasteiger partial charge is 0.101 e.